The Morgan fingerprint density at radius 2 is 1.44 bits per heavy atom. The predicted octanol–water partition coefficient (Wildman–Crippen LogP) is 7.46. The number of fused-ring (bicyclic) bond motifs is 5. The Labute approximate surface area is 209 Å². The minimum atomic E-state index is -3.66. The van der Waals surface area contributed by atoms with Crippen molar-refractivity contribution in [2.24, 2.45) is 0 Å². The molecule has 1 aliphatic heterocycles. The molecule has 5 aromatic carbocycles. The van der Waals surface area contributed by atoms with E-state index in [2.05, 4.69) is 0 Å². The molecule has 1 unspecified atom stereocenters. The SMILES string of the molecule is CC.COc1cc(P2(=O)Oc3ccccc3-c3ccccc32)c(OC)c2cc3c(F)cccc3cc12. The molecule has 0 bridgehead atoms. The van der Waals surface area contributed by atoms with Crippen molar-refractivity contribution in [2.45, 2.75) is 13.8 Å². The van der Waals surface area contributed by atoms with Crippen LogP contribution in [0.1, 0.15) is 13.8 Å². The standard InChI is InChI=1S/C28H20FO4P.C2H6/c1-31-25-16-27(28(32-2)22-15-20-17(14-21(22)25)8-7-11-23(20)29)34(30)26-13-6-4-10-19(26)18-9-3-5-12-24(18)33-34;1-2/h3-16H,1-2H3;1-2H3. The van der Waals surface area contributed by atoms with Crippen molar-refractivity contribution in [3.8, 4) is 28.4 Å². The van der Waals surface area contributed by atoms with Crippen LogP contribution in [0.25, 0.3) is 32.7 Å². The first-order valence-electron chi connectivity index (χ1n) is 11.8. The summed E-state index contributed by atoms with van der Waals surface area (Å²) >= 11 is 0. The maximum atomic E-state index is 14.8. The van der Waals surface area contributed by atoms with Crippen LogP contribution in [0.15, 0.2) is 84.9 Å². The van der Waals surface area contributed by atoms with E-state index in [-0.39, 0.29) is 5.82 Å². The van der Waals surface area contributed by atoms with E-state index in [4.69, 9.17) is 14.0 Å². The monoisotopic (exact) mass is 500 g/mol. The molecule has 1 aliphatic rings. The number of ether oxygens (including phenoxy) is 2. The number of benzene rings is 5. The van der Waals surface area contributed by atoms with Gasteiger partial charge in [-0.3, -0.25) is 4.57 Å². The largest absolute Gasteiger partial charge is 0.496 e. The molecule has 0 aliphatic carbocycles. The quantitative estimate of drug-likeness (QED) is 0.191. The van der Waals surface area contributed by atoms with E-state index in [0.717, 1.165) is 21.9 Å². The van der Waals surface area contributed by atoms with Crippen LogP contribution in [-0.4, -0.2) is 14.2 Å². The van der Waals surface area contributed by atoms with Gasteiger partial charge < -0.3 is 14.0 Å². The van der Waals surface area contributed by atoms with E-state index in [1.165, 1.54) is 13.2 Å². The normalized spacial score (nSPS) is 15.8. The Kier molecular flexibility index (Phi) is 6.19. The minimum absolute atomic E-state index is 0.342. The van der Waals surface area contributed by atoms with Crippen molar-refractivity contribution >= 4 is 39.5 Å². The zero-order valence-electron chi connectivity index (χ0n) is 20.5. The van der Waals surface area contributed by atoms with Gasteiger partial charge in [0.05, 0.1) is 24.8 Å². The molecule has 0 amide bonds. The summed E-state index contributed by atoms with van der Waals surface area (Å²) < 4.78 is 47.3. The molecule has 6 rings (SSSR count). The molecule has 0 saturated carbocycles. The van der Waals surface area contributed by atoms with Crippen LogP contribution in [-0.2, 0) is 4.57 Å². The summed E-state index contributed by atoms with van der Waals surface area (Å²) in [5, 5.41) is 3.47. The number of halogens is 1. The third kappa shape index (κ3) is 3.54. The van der Waals surface area contributed by atoms with Gasteiger partial charge in [0.15, 0.2) is 0 Å². The van der Waals surface area contributed by atoms with E-state index in [9.17, 15) is 8.96 Å². The first-order valence-corrected chi connectivity index (χ1v) is 13.4. The van der Waals surface area contributed by atoms with Crippen LogP contribution < -0.4 is 24.6 Å². The average molecular weight is 501 g/mol. The molecule has 1 atom stereocenters. The smallest absolute Gasteiger partial charge is 0.311 e. The van der Waals surface area contributed by atoms with Gasteiger partial charge in [0, 0.05) is 21.7 Å². The van der Waals surface area contributed by atoms with Crippen LogP contribution >= 0.6 is 7.37 Å². The van der Waals surface area contributed by atoms with Gasteiger partial charge in [0.2, 0.25) is 0 Å². The molecule has 4 nitrogen and oxygen atoms in total. The fraction of sp³-hybridized carbons (Fsp3) is 0.133. The van der Waals surface area contributed by atoms with Crippen LogP contribution in [0.4, 0.5) is 4.39 Å². The van der Waals surface area contributed by atoms with E-state index >= 15 is 0 Å². The third-order valence-electron chi connectivity index (χ3n) is 6.34. The van der Waals surface area contributed by atoms with Crippen molar-refractivity contribution in [3.63, 3.8) is 0 Å². The van der Waals surface area contributed by atoms with Gasteiger partial charge in [-0.1, -0.05) is 62.4 Å². The van der Waals surface area contributed by atoms with Crippen molar-refractivity contribution in [1.29, 1.82) is 0 Å². The van der Waals surface area contributed by atoms with E-state index in [0.29, 0.717) is 38.6 Å². The molecule has 0 aromatic heterocycles. The Bertz CT molecular complexity index is 1660. The molecular weight excluding hydrogens is 474 g/mol. The third-order valence-corrected chi connectivity index (χ3v) is 8.79. The maximum Gasteiger partial charge on any atom is 0.311 e. The van der Waals surface area contributed by atoms with E-state index < -0.39 is 7.37 Å². The topological polar surface area (TPSA) is 44.8 Å². The lowest BCUT2D eigenvalue weighted by Gasteiger charge is -2.30. The summed E-state index contributed by atoms with van der Waals surface area (Å²) in [4.78, 5) is 0. The molecule has 1 heterocycles. The number of rotatable bonds is 3. The van der Waals surface area contributed by atoms with Crippen LogP contribution in [0.3, 0.4) is 0 Å². The summed E-state index contributed by atoms with van der Waals surface area (Å²) in [6.45, 7) is 4.00. The summed E-state index contributed by atoms with van der Waals surface area (Å²) in [5.41, 5.74) is 1.72. The first kappa shape index (κ1) is 23.9. The molecule has 0 spiro atoms. The van der Waals surface area contributed by atoms with E-state index in [1.54, 1.807) is 25.3 Å². The summed E-state index contributed by atoms with van der Waals surface area (Å²) in [6.07, 6.45) is 0. The van der Waals surface area contributed by atoms with Crippen molar-refractivity contribution < 1.29 is 23.0 Å². The summed E-state index contributed by atoms with van der Waals surface area (Å²) in [5.74, 6) is 1.08. The van der Waals surface area contributed by atoms with Gasteiger partial charge in [0.25, 0.3) is 0 Å². The highest BCUT2D eigenvalue weighted by atomic mass is 31.2. The van der Waals surface area contributed by atoms with Crippen LogP contribution in [0.2, 0.25) is 0 Å². The summed E-state index contributed by atoms with van der Waals surface area (Å²) in [7, 11) is -0.580. The lowest BCUT2D eigenvalue weighted by molar-refractivity contribution is 0.412. The number of hydrogen-bond donors (Lipinski definition) is 0. The molecule has 0 N–H and O–H groups in total. The Balaban J connectivity index is 0.00000130. The molecule has 0 radical (unpaired) electrons. The lowest BCUT2D eigenvalue weighted by Crippen LogP contribution is -2.26. The zero-order chi connectivity index (χ0) is 25.4. The molecule has 182 valence electrons. The van der Waals surface area contributed by atoms with Gasteiger partial charge in [0.1, 0.15) is 23.1 Å². The lowest BCUT2D eigenvalue weighted by atomic mass is 10.0. The van der Waals surface area contributed by atoms with Gasteiger partial charge in [-0.15, -0.1) is 0 Å². The molecule has 0 saturated heterocycles. The fourth-order valence-electron chi connectivity index (χ4n) is 4.78. The molecule has 0 fully saturated rings. The molecule has 6 heteroatoms. The van der Waals surface area contributed by atoms with Crippen LogP contribution in [0, 0.1) is 5.82 Å². The highest BCUT2D eigenvalue weighted by Crippen LogP contribution is 2.56. The second kappa shape index (κ2) is 9.33. The van der Waals surface area contributed by atoms with Gasteiger partial charge in [-0.2, -0.15) is 0 Å². The average Bonchev–Trinajstić information content (AvgIpc) is 2.93. The van der Waals surface area contributed by atoms with Gasteiger partial charge in [-0.25, -0.2) is 4.39 Å². The van der Waals surface area contributed by atoms with Crippen LogP contribution in [0.5, 0.6) is 17.2 Å². The Morgan fingerprint density at radius 1 is 0.722 bits per heavy atom. The molecule has 36 heavy (non-hydrogen) atoms. The first-order chi connectivity index (χ1) is 17.5. The highest BCUT2D eigenvalue weighted by molar-refractivity contribution is 7.75. The number of methoxy groups -OCH3 is 2. The Morgan fingerprint density at radius 3 is 2.19 bits per heavy atom. The van der Waals surface area contributed by atoms with Crippen molar-refractivity contribution in [1.82, 2.24) is 0 Å². The van der Waals surface area contributed by atoms with Gasteiger partial charge >= 0.3 is 7.37 Å². The number of hydrogen-bond acceptors (Lipinski definition) is 4. The number of para-hydroxylation sites is 1. The van der Waals surface area contributed by atoms with Crippen molar-refractivity contribution in [3.05, 3.63) is 90.7 Å². The van der Waals surface area contributed by atoms with Gasteiger partial charge in [-0.05, 0) is 47.3 Å². The van der Waals surface area contributed by atoms with E-state index in [1.807, 2.05) is 74.5 Å². The zero-order valence-corrected chi connectivity index (χ0v) is 21.4. The highest BCUT2D eigenvalue weighted by Gasteiger charge is 2.41. The molecule has 5 aromatic rings. The molecular formula is C30H26FO4P. The fourth-order valence-corrected chi connectivity index (χ4v) is 7.23. The van der Waals surface area contributed by atoms with Crippen molar-refractivity contribution in [2.75, 3.05) is 14.2 Å². The Hall–Kier alpha value is -3.82. The minimum Gasteiger partial charge on any atom is -0.496 e. The second-order valence-corrected chi connectivity index (χ2v) is 10.4. The second-order valence-electron chi connectivity index (χ2n) is 8.15. The summed E-state index contributed by atoms with van der Waals surface area (Å²) in [6, 6.07) is 25.3. The predicted molar refractivity (Wildman–Crippen MR) is 145 cm³/mol. The maximum absolute atomic E-state index is 14.8.